The van der Waals surface area contributed by atoms with E-state index in [0.29, 0.717) is 29.2 Å². The Kier molecular flexibility index (Phi) is 5.53. The largest absolute Gasteiger partial charge is 0.493 e. The van der Waals surface area contributed by atoms with Crippen molar-refractivity contribution >= 4 is 11.9 Å². The van der Waals surface area contributed by atoms with Crippen molar-refractivity contribution in [2.45, 2.75) is 39.7 Å². The summed E-state index contributed by atoms with van der Waals surface area (Å²) in [5.41, 5.74) is 1.54. The van der Waals surface area contributed by atoms with Gasteiger partial charge >= 0.3 is 11.9 Å². The summed E-state index contributed by atoms with van der Waals surface area (Å²) in [4.78, 5) is 24.2. The van der Waals surface area contributed by atoms with Gasteiger partial charge in [0.1, 0.15) is 6.61 Å². The number of hydrogen-bond donors (Lipinski definition) is 1. The van der Waals surface area contributed by atoms with Crippen LogP contribution >= 0.6 is 0 Å². The minimum absolute atomic E-state index is 0.189. The molecule has 7 nitrogen and oxygen atoms in total. The number of hydrogen-bond acceptors (Lipinski definition) is 6. The Labute approximate surface area is 187 Å². The van der Waals surface area contributed by atoms with Gasteiger partial charge in [-0.3, -0.25) is 4.79 Å². The van der Waals surface area contributed by atoms with E-state index < -0.39 is 16.8 Å². The molecule has 170 valence electrons. The van der Waals surface area contributed by atoms with Gasteiger partial charge in [0.25, 0.3) is 0 Å². The van der Waals surface area contributed by atoms with E-state index in [1.54, 1.807) is 26.2 Å². The number of cyclic esters (lactones) is 1. The Morgan fingerprint density at radius 1 is 1.09 bits per heavy atom. The van der Waals surface area contributed by atoms with Crippen LogP contribution in [-0.2, 0) is 16.1 Å². The van der Waals surface area contributed by atoms with Crippen molar-refractivity contribution in [1.82, 2.24) is 0 Å². The molecule has 7 heteroatoms. The van der Waals surface area contributed by atoms with Crippen LogP contribution in [0.2, 0.25) is 0 Å². The molecule has 2 aromatic carbocycles. The van der Waals surface area contributed by atoms with Crippen LogP contribution in [-0.4, -0.2) is 37.9 Å². The summed E-state index contributed by atoms with van der Waals surface area (Å²) in [6.07, 6.45) is 2.09. The third-order valence-electron chi connectivity index (χ3n) is 7.23. The second-order valence-electron chi connectivity index (χ2n) is 8.65. The van der Waals surface area contributed by atoms with Gasteiger partial charge in [-0.05, 0) is 49.9 Å². The second kappa shape index (κ2) is 8.04. The average Bonchev–Trinajstić information content (AvgIpc) is 3.52. The van der Waals surface area contributed by atoms with Crippen LogP contribution < -0.4 is 14.2 Å². The lowest BCUT2D eigenvalue weighted by Gasteiger charge is -2.33. The van der Waals surface area contributed by atoms with E-state index in [-0.39, 0.29) is 19.2 Å². The van der Waals surface area contributed by atoms with Crippen LogP contribution in [0.25, 0.3) is 11.1 Å². The number of carboxylic acids is 1. The fourth-order valence-corrected chi connectivity index (χ4v) is 4.63. The molecular weight excluding hydrogens is 412 g/mol. The summed E-state index contributed by atoms with van der Waals surface area (Å²) in [5, 5.41) is 9.91. The number of carbonyl (C=O) groups is 2. The molecule has 1 unspecified atom stereocenters. The molecule has 0 aromatic heterocycles. The summed E-state index contributed by atoms with van der Waals surface area (Å²) in [6.45, 7) is 4.12. The number of esters is 1. The SMILES string of the molecule is CCC(C)(C(=O)O)C1(COc2c(-c3cccc4c3COC4=O)ccc(OC)c2OC)CC1. The zero-order valence-electron chi connectivity index (χ0n) is 18.8. The summed E-state index contributed by atoms with van der Waals surface area (Å²) in [6, 6.07) is 9.12. The Morgan fingerprint density at radius 2 is 1.81 bits per heavy atom. The van der Waals surface area contributed by atoms with Crippen molar-refractivity contribution < 1.29 is 33.6 Å². The molecule has 1 aliphatic heterocycles. The first-order chi connectivity index (χ1) is 15.3. The molecule has 0 bridgehead atoms. The minimum Gasteiger partial charge on any atom is -0.493 e. The maximum Gasteiger partial charge on any atom is 0.338 e. The molecule has 2 aliphatic rings. The number of fused-ring (bicyclic) bond motifs is 1. The quantitative estimate of drug-likeness (QED) is 0.565. The maximum absolute atomic E-state index is 12.1. The minimum atomic E-state index is -0.881. The zero-order valence-corrected chi connectivity index (χ0v) is 18.8. The molecule has 1 atom stereocenters. The number of ether oxygens (including phenoxy) is 4. The molecule has 0 amide bonds. The maximum atomic E-state index is 12.1. The monoisotopic (exact) mass is 440 g/mol. The van der Waals surface area contributed by atoms with Gasteiger partial charge < -0.3 is 24.1 Å². The number of carboxylic acid groups (broad SMARTS) is 1. The molecule has 4 rings (SSSR count). The van der Waals surface area contributed by atoms with Crippen molar-refractivity contribution in [2.24, 2.45) is 10.8 Å². The van der Waals surface area contributed by atoms with Crippen molar-refractivity contribution in [1.29, 1.82) is 0 Å². The van der Waals surface area contributed by atoms with Crippen molar-refractivity contribution in [3.8, 4) is 28.4 Å². The Balaban J connectivity index is 1.79. The van der Waals surface area contributed by atoms with E-state index in [2.05, 4.69) is 0 Å². The van der Waals surface area contributed by atoms with Crippen molar-refractivity contribution in [2.75, 3.05) is 20.8 Å². The zero-order chi connectivity index (χ0) is 23.1. The molecule has 32 heavy (non-hydrogen) atoms. The first-order valence-corrected chi connectivity index (χ1v) is 10.7. The summed E-state index contributed by atoms with van der Waals surface area (Å²) < 4.78 is 22.7. The van der Waals surface area contributed by atoms with Crippen LogP contribution in [0.4, 0.5) is 0 Å². The van der Waals surface area contributed by atoms with Gasteiger partial charge in [-0.25, -0.2) is 4.79 Å². The van der Waals surface area contributed by atoms with Gasteiger partial charge in [0.2, 0.25) is 5.75 Å². The lowest BCUT2D eigenvalue weighted by Crippen LogP contribution is -2.40. The lowest BCUT2D eigenvalue weighted by atomic mass is 9.72. The van der Waals surface area contributed by atoms with Gasteiger partial charge in [-0.2, -0.15) is 0 Å². The third-order valence-corrected chi connectivity index (χ3v) is 7.23. The number of carbonyl (C=O) groups excluding carboxylic acids is 1. The van der Waals surface area contributed by atoms with Gasteiger partial charge in [0.15, 0.2) is 11.5 Å². The first kappa shape index (κ1) is 22.0. The topological polar surface area (TPSA) is 91.3 Å². The number of rotatable bonds is 9. The Bertz CT molecular complexity index is 1070. The lowest BCUT2D eigenvalue weighted by molar-refractivity contribution is -0.154. The molecule has 0 radical (unpaired) electrons. The smallest absolute Gasteiger partial charge is 0.338 e. The normalized spacial score (nSPS) is 17.7. The first-order valence-electron chi connectivity index (χ1n) is 10.7. The van der Waals surface area contributed by atoms with Crippen LogP contribution in [0.5, 0.6) is 17.2 Å². The molecule has 1 heterocycles. The highest BCUT2D eigenvalue weighted by atomic mass is 16.5. The van der Waals surface area contributed by atoms with E-state index >= 15 is 0 Å². The van der Waals surface area contributed by atoms with E-state index in [4.69, 9.17) is 18.9 Å². The Hall–Kier alpha value is -3.22. The molecule has 0 spiro atoms. The molecule has 1 N–H and O–H groups in total. The molecule has 0 saturated heterocycles. The van der Waals surface area contributed by atoms with Gasteiger partial charge in [0, 0.05) is 16.5 Å². The van der Waals surface area contributed by atoms with Crippen LogP contribution in [0.3, 0.4) is 0 Å². The Morgan fingerprint density at radius 3 is 2.41 bits per heavy atom. The highest BCUT2D eigenvalue weighted by Gasteiger charge is 2.60. The van der Waals surface area contributed by atoms with Crippen molar-refractivity contribution in [3.63, 3.8) is 0 Å². The molecule has 1 fully saturated rings. The van der Waals surface area contributed by atoms with E-state index in [9.17, 15) is 14.7 Å². The van der Waals surface area contributed by atoms with Gasteiger partial charge in [-0.1, -0.05) is 19.1 Å². The fraction of sp³-hybridized carbons (Fsp3) is 0.440. The highest BCUT2D eigenvalue weighted by molar-refractivity contribution is 5.96. The molecule has 1 saturated carbocycles. The van der Waals surface area contributed by atoms with E-state index in [1.807, 2.05) is 25.1 Å². The standard InChI is InChI=1S/C25H28O7/c1-5-24(2,23(27)28)25(11-12-25)14-32-20-16(9-10-19(29-3)21(20)30-4)15-7-6-8-17-18(15)13-31-22(17)26/h6-10H,5,11-14H2,1-4H3,(H,27,28). The van der Waals surface area contributed by atoms with Crippen molar-refractivity contribution in [3.05, 3.63) is 41.5 Å². The molecular formula is C25H28O7. The van der Waals surface area contributed by atoms with Gasteiger partial charge in [0.05, 0.1) is 31.8 Å². The molecule has 2 aromatic rings. The predicted molar refractivity (Wildman–Crippen MR) is 117 cm³/mol. The number of benzene rings is 2. The highest BCUT2D eigenvalue weighted by Crippen LogP contribution is 2.61. The second-order valence-corrected chi connectivity index (χ2v) is 8.65. The number of aliphatic carboxylic acids is 1. The molecule has 1 aliphatic carbocycles. The third kappa shape index (κ3) is 3.27. The van der Waals surface area contributed by atoms with Gasteiger partial charge in [-0.15, -0.1) is 0 Å². The summed E-state index contributed by atoms with van der Waals surface area (Å²) in [5.74, 6) is 0.247. The summed E-state index contributed by atoms with van der Waals surface area (Å²) in [7, 11) is 3.09. The average molecular weight is 440 g/mol. The van der Waals surface area contributed by atoms with E-state index in [0.717, 1.165) is 29.5 Å². The van der Waals surface area contributed by atoms with E-state index in [1.165, 1.54) is 7.11 Å². The fourth-order valence-electron chi connectivity index (χ4n) is 4.63. The van der Waals surface area contributed by atoms with Crippen LogP contribution in [0, 0.1) is 10.8 Å². The summed E-state index contributed by atoms with van der Waals surface area (Å²) >= 11 is 0. The van der Waals surface area contributed by atoms with Crippen LogP contribution in [0.1, 0.15) is 49.0 Å². The number of methoxy groups -OCH3 is 2. The predicted octanol–water partition coefficient (Wildman–Crippen LogP) is 4.70. The van der Waals surface area contributed by atoms with Crippen LogP contribution in [0.15, 0.2) is 30.3 Å².